The molecule has 2 bridgehead atoms. The Kier molecular flexibility index (Phi) is 4.74. The van der Waals surface area contributed by atoms with E-state index in [2.05, 4.69) is 43.0 Å². The van der Waals surface area contributed by atoms with E-state index in [0.717, 1.165) is 19.3 Å². The van der Waals surface area contributed by atoms with Gasteiger partial charge in [0.15, 0.2) is 0 Å². The van der Waals surface area contributed by atoms with Crippen molar-refractivity contribution in [2.45, 2.75) is 40.0 Å². The fourth-order valence-corrected chi connectivity index (χ4v) is 8.01. The topological polar surface area (TPSA) is 73.2 Å². The van der Waals surface area contributed by atoms with Crippen LogP contribution in [0.3, 0.4) is 0 Å². The van der Waals surface area contributed by atoms with E-state index < -0.39 is 15.4 Å². The summed E-state index contributed by atoms with van der Waals surface area (Å²) in [5.41, 5.74) is 2.41. The van der Waals surface area contributed by atoms with Crippen molar-refractivity contribution in [2.24, 2.45) is 21.9 Å². The number of aryl methyl sites for hydroxylation is 1. The fraction of sp³-hybridized carbons (Fsp3) is 0.667. The summed E-state index contributed by atoms with van der Waals surface area (Å²) in [5.74, 6) is 0.472. The van der Waals surface area contributed by atoms with Crippen LogP contribution in [0.5, 0.6) is 0 Å². The molecule has 0 aromatic heterocycles. The van der Waals surface area contributed by atoms with Gasteiger partial charge in [-0.1, -0.05) is 37.2 Å². The van der Waals surface area contributed by atoms with Gasteiger partial charge in [0, 0.05) is 37.3 Å². The van der Waals surface area contributed by atoms with Crippen molar-refractivity contribution in [1.82, 2.24) is 4.31 Å². The van der Waals surface area contributed by atoms with Gasteiger partial charge in [-0.15, -0.1) is 0 Å². The van der Waals surface area contributed by atoms with E-state index in [9.17, 15) is 13.6 Å². The number of nitrogens with zero attached hydrogens (tertiary/aromatic N) is 3. The molecular weight excluding hydrogens is 374 g/mol. The van der Waals surface area contributed by atoms with Gasteiger partial charge in [0.25, 0.3) is 0 Å². The molecule has 0 amide bonds. The summed E-state index contributed by atoms with van der Waals surface area (Å²) in [6.45, 7) is 8.79. The molecule has 0 radical (unpaired) electrons. The molecule has 1 saturated heterocycles. The van der Waals surface area contributed by atoms with Gasteiger partial charge in [0.05, 0.1) is 11.5 Å². The summed E-state index contributed by atoms with van der Waals surface area (Å²) in [7, 11) is -3.43. The molecule has 2 unspecified atom stereocenters. The lowest BCUT2D eigenvalue weighted by Gasteiger charge is -2.41. The third kappa shape index (κ3) is 2.86. The molecule has 2 saturated carbocycles. The molecule has 1 aliphatic heterocycles. The van der Waals surface area contributed by atoms with E-state index in [0.29, 0.717) is 37.8 Å². The van der Waals surface area contributed by atoms with Gasteiger partial charge in [0.1, 0.15) is 0 Å². The zero-order chi connectivity index (χ0) is 20.2. The summed E-state index contributed by atoms with van der Waals surface area (Å²) in [6.07, 6.45) is 2.54. The summed E-state index contributed by atoms with van der Waals surface area (Å²) in [5, 5.41) is 13.1. The molecule has 1 heterocycles. The predicted octanol–water partition coefficient (Wildman–Crippen LogP) is 3.10. The number of hydrogen-bond acceptors (Lipinski definition) is 5. The molecule has 3 aliphatic rings. The average molecular weight is 406 g/mol. The molecule has 4 rings (SSSR count). The maximum absolute atomic E-state index is 13.4. The molecule has 1 aromatic carbocycles. The Morgan fingerprint density at radius 1 is 1.18 bits per heavy atom. The second-order valence-corrected chi connectivity index (χ2v) is 11.2. The highest BCUT2D eigenvalue weighted by molar-refractivity contribution is 7.89. The summed E-state index contributed by atoms with van der Waals surface area (Å²) < 4.78 is 28.4. The van der Waals surface area contributed by atoms with Crippen LogP contribution in [0.1, 0.15) is 38.7 Å². The van der Waals surface area contributed by atoms with E-state index in [1.54, 1.807) is 4.31 Å². The molecule has 1 N–H and O–H groups in total. The van der Waals surface area contributed by atoms with Crippen LogP contribution >= 0.6 is 0 Å². The van der Waals surface area contributed by atoms with Crippen molar-refractivity contribution in [1.29, 1.82) is 0 Å². The lowest BCUT2D eigenvalue weighted by Crippen LogP contribution is -2.53. The molecule has 3 fully saturated rings. The second kappa shape index (κ2) is 6.73. The molecule has 154 valence electrons. The molecule has 0 spiro atoms. The minimum absolute atomic E-state index is 0.0628. The zero-order valence-electron chi connectivity index (χ0n) is 17.1. The Morgan fingerprint density at radius 2 is 1.86 bits per heavy atom. The second-order valence-electron chi connectivity index (χ2n) is 9.22. The predicted molar refractivity (Wildman–Crippen MR) is 112 cm³/mol. The highest BCUT2D eigenvalue weighted by Gasteiger charge is 2.64. The zero-order valence-corrected chi connectivity index (χ0v) is 17.9. The fourth-order valence-electron chi connectivity index (χ4n) is 5.80. The third-order valence-electron chi connectivity index (χ3n) is 7.80. The van der Waals surface area contributed by atoms with Crippen LogP contribution in [0.4, 0.5) is 5.69 Å². The first-order chi connectivity index (χ1) is 13.2. The first-order valence-corrected chi connectivity index (χ1v) is 11.8. The maximum Gasteiger partial charge on any atom is 0.215 e. The number of anilines is 1. The normalized spacial score (nSPS) is 31.6. The highest BCUT2D eigenvalue weighted by atomic mass is 32.2. The lowest BCUT2D eigenvalue weighted by molar-refractivity contribution is 0.190. The number of oxime groups is 1. The van der Waals surface area contributed by atoms with Gasteiger partial charge in [0.2, 0.25) is 10.0 Å². The first kappa shape index (κ1) is 19.7. The standard InChI is InChI=1S/C21H31N3O3S/c1-16-6-4-5-7-18(16)23-10-12-24(13-11-23)28(26,27)15-21-9-8-17(20(21,2)3)14-19(21)22-25/h4-7,17,25H,8-15H2,1-3H3/b22-19-. The van der Waals surface area contributed by atoms with Crippen LogP contribution in [0.15, 0.2) is 29.4 Å². The van der Waals surface area contributed by atoms with Gasteiger partial charge in [-0.3, -0.25) is 0 Å². The van der Waals surface area contributed by atoms with Gasteiger partial charge in [-0.25, -0.2) is 8.42 Å². The third-order valence-corrected chi connectivity index (χ3v) is 9.81. The number of rotatable bonds is 4. The first-order valence-electron chi connectivity index (χ1n) is 10.2. The van der Waals surface area contributed by atoms with Crippen LogP contribution in [-0.4, -0.2) is 55.6 Å². The molecule has 7 heteroatoms. The van der Waals surface area contributed by atoms with E-state index in [-0.39, 0.29) is 11.2 Å². The van der Waals surface area contributed by atoms with Gasteiger partial charge < -0.3 is 10.1 Å². The molecule has 28 heavy (non-hydrogen) atoms. The number of sulfonamides is 1. The van der Waals surface area contributed by atoms with Crippen molar-refractivity contribution >= 4 is 21.4 Å². The number of piperazine rings is 1. The Labute approximate surface area is 168 Å². The van der Waals surface area contributed by atoms with E-state index in [1.807, 2.05) is 12.1 Å². The molecular formula is C21H31N3O3S. The van der Waals surface area contributed by atoms with Crippen LogP contribution in [0, 0.1) is 23.7 Å². The van der Waals surface area contributed by atoms with Gasteiger partial charge in [-0.05, 0) is 49.1 Å². The smallest absolute Gasteiger partial charge is 0.215 e. The Balaban J connectivity index is 1.50. The number of fused-ring (bicyclic) bond motifs is 2. The van der Waals surface area contributed by atoms with E-state index in [1.165, 1.54) is 11.3 Å². The summed E-state index contributed by atoms with van der Waals surface area (Å²) >= 11 is 0. The number of hydrogen-bond donors (Lipinski definition) is 1. The maximum atomic E-state index is 13.4. The highest BCUT2D eigenvalue weighted by Crippen LogP contribution is 2.64. The van der Waals surface area contributed by atoms with Crippen LogP contribution in [-0.2, 0) is 10.0 Å². The van der Waals surface area contributed by atoms with Crippen LogP contribution in [0.25, 0.3) is 0 Å². The minimum atomic E-state index is -3.43. The van der Waals surface area contributed by atoms with E-state index >= 15 is 0 Å². The van der Waals surface area contributed by atoms with Crippen molar-refractivity contribution in [2.75, 3.05) is 36.8 Å². The molecule has 6 nitrogen and oxygen atoms in total. The lowest BCUT2D eigenvalue weighted by atomic mass is 9.70. The van der Waals surface area contributed by atoms with Crippen molar-refractivity contribution < 1.29 is 13.6 Å². The number of para-hydroxylation sites is 1. The average Bonchev–Trinajstić information content (AvgIpc) is 3.02. The van der Waals surface area contributed by atoms with Crippen molar-refractivity contribution in [3.63, 3.8) is 0 Å². The minimum Gasteiger partial charge on any atom is -0.411 e. The molecule has 1 aromatic rings. The van der Waals surface area contributed by atoms with E-state index in [4.69, 9.17) is 0 Å². The van der Waals surface area contributed by atoms with Gasteiger partial charge >= 0.3 is 0 Å². The van der Waals surface area contributed by atoms with Crippen LogP contribution < -0.4 is 4.90 Å². The van der Waals surface area contributed by atoms with Crippen LogP contribution in [0.2, 0.25) is 0 Å². The molecule has 2 aliphatic carbocycles. The monoisotopic (exact) mass is 405 g/mol. The van der Waals surface area contributed by atoms with Crippen molar-refractivity contribution in [3.05, 3.63) is 29.8 Å². The Bertz CT molecular complexity index is 888. The Hall–Kier alpha value is -1.60. The Morgan fingerprint density at radius 3 is 2.46 bits per heavy atom. The SMILES string of the molecule is Cc1ccccc1N1CCN(S(=O)(=O)CC23CCC(C/C2=N/O)C3(C)C)CC1. The summed E-state index contributed by atoms with van der Waals surface area (Å²) in [6, 6.07) is 8.24. The largest absolute Gasteiger partial charge is 0.411 e. The van der Waals surface area contributed by atoms with Crippen molar-refractivity contribution in [3.8, 4) is 0 Å². The summed E-state index contributed by atoms with van der Waals surface area (Å²) in [4.78, 5) is 2.27. The quantitative estimate of drug-likeness (QED) is 0.617. The van der Waals surface area contributed by atoms with Gasteiger partial charge in [-0.2, -0.15) is 4.31 Å². The number of benzene rings is 1. The molecule has 2 atom stereocenters.